The summed E-state index contributed by atoms with van der Waals surface area (Å²) in [5.74, 6) is 0. The fourth-order valence-corrected chi connectivity index (χ4v) is 1.84. The highest BCUT2D eigenvalue weighted by Gasteiger charge is 2.16. The van der Waals surface area contributed by atoms with Gasteiger partial charge in [-0.2, -0.15) is 0 Å². The molecule has 1 aromatic carbocycles. The van der Waals surface area contributed by atoms with Crippen molar-refractivity contribution in [3.05, 3.63) is 29.8 Å². The predicted octanol–water partition coefficient (Wildman–Crippen LogP) is 1.04. The van der Waals surface area contributed by atoms with Crippen LogP contribution in [0, 0.1) is 6.92 Å². The van der Waals surface area contributed by atoms with Gasteiger partial charge >= 0.3 is 6.09 Å². The molecule has 0 aromatic heterocycles. The van der Waals surface area contributed by atoms with Crippen molar-refractivity contribution in [1.29, 1.82) is 0 Å². The minimum Gasteiger partial charge on any atom is -0.452 e. The second kappa shape index (κ2) is 4.31. The molecular weight excluding hydrogens is 218 g/mol. The van der Waals surface area contributed by atoms with Gasteiger partial charge in [-0.15, -0.1) is 0 Å². The van der Waals surface area contributed by atoms with E-state index in [1.165, 1.54) is 12.1 Å². The van der Waals surface area contributed by atoms with Crippen molar-refractivity contribution >= 4 is 16.1 Å². The minimum absolute atomic E-state index is 0.0264. The van der Waals surface area contributed by atoms with E-state index in [0.717, 1.165) is 12.7 Å². The van der Waals surface area contributed by atoms with Crippen LogP contribution in [-0.4, -0.2) is 21.6 Å². The molecule has 82 valence electrons. The Morgan fingerprint density at radius 3 is 2.27 bits per heavy atom. The number of benzene rings is 1. The summed E-state index contributed by atoms with van der Waals surface area (Å²) < 4.78 is 29.0. The molecule has 6 heteroatoms. The Kier molecular flexibility index (Phi) is 3.31. The maximum atomic E-state index is 11.5. The van der Waals surface area contributed by atoms with E-state index in [2.05, 4.69) is 4.74 Å². The first-order chi connectivity index (χ1) is 6.95. The van der Waals surface area contributed by atoms with Crippen LogP contribution in [0.3, 0.4) is 0 Å². The van der Waals surface area contributed by atoms with E-state index in [4.69, 9.17) is 0 Å². The van der Waals surface area contributed by atoms with Crippen LogP contribution in [0.15, 0.2) is 29.2 Å². The van der Waals surface area contributed by atoms with Gasteiger partial charge in [0.1, 0.15) is 0 Å². The lowest BCUT2D eigenvalue weighted by atomic mass is 10.2. The molecule has 0 radical (unpaired) electrons. The summed E-state index contributed by atoms with van der Waals surface area (Å²) in [4.78, 5) is 10.8. The van der Waals surface area contributed by atoms with Gasteiger partial charge in [0.15, 0.2) is 0 Å². The molecule has 1 N–H and O–H groups in total. The van der Waals surface area contributed by atoms with E-state index in [9.17, 15) is 13.2 Å². The van der Waals surface area contributed by atoms with Crippen LogP contribution < -0.4 is 4.72 Å². The van der Waals surface area contributed by atoms with Crippen LogP contribution in [0.4, 0.5) is 4.79 Å². The predicted molar refractivity (Wildman–Crippen MR) is 53.9 cm³/mol. The Labute approximate surface area is 88.1 Å². The number of sulfonamides is 1. The maximum absolute atomic E-state index is 11.5. The number of methoxy groups -OCH3 is 1. The first-order valence-corrected chi connectivity index (χ1v) is 5.61. The van der Waals surface area contributed by atoms with Gasteiger partial charge in [0.25, 0.3) is 10.0 Å². The number of hydrogen-bond donors (Lipinski definition) is 1. The molecule has 0 aliphatic heterocycles. The molecule has 0 saturated carbocycles. The Morgan fingerprint density at radius 1 is 1.27 bits per heavy atom. The zero-order chi connectivity index (χ0) is 11.5. The van der Waals surface area contributed by atoms with Gasteiger partial charge < -0.3 is 4.74 Å². The average molecular weight is 229 g/mol. The summed E-state index contributed by atoms with van der Waals surface area (Å²) in [7, 11) is -2.72. The number of aryl methyl sites for hydroxylation is 1. The quantitative estimate of drug-likeness (QED) is 0.822. The van der Waals surface area contributed by atoms with Crippen molar-refractivity contribution in [3.63, 3.8) is 0 Å². The van der Waals surface area contributed by atoms with Crippen molar-refractivity contribution in [1.82, 2.24) is 4.72 Å². The minimum atomic E-state index is -3.81. The second-order valence-electron chi connectivity index (χ2n) is 2.91. The number of ether oxygens (including phenoxy) is 1. The van der Waals surface area contributed by atoms with E-state index in [0.29, 0.717) is 0 Å². The molecule has 0 heterocycles. The van der Waals surface area contributed by atoms with Crippen LogP contribution in [0.1, 0.15) is 5.56 Å². The molecule has 0 aliphatic rings. The molecule has 1 aromatic rings. The standard InChI is InChI=1S/C9H11NO4S/c1-7-3-5-8(6-4-7)15(12,13)10-9(11)14-2/h3-6H,1-2H3,(H,10,11). The van der Waals surface area contributed by atoms with Crippen molar-refractivity contribution in [2.75, 3.05) is 7.11 Å². The molecule has 0 saturated heterocycles. The molecule has 0 aliphatic carbocycles. The van der Waals surface area contributed by atoms with Gasteiger partial charge in [-0.05, 0) is 19.1 Å². The monoisotopic (exact) mass is 229 g/mol. The highest BCUT2D eigenvalue weighted by Crippen LogP contribution is 2.09. The van der Waals surface area contributed by atoms with E-state index >= 15 is 0 Å². The number of rotatable bonds is 2. The van der Waals surface area contributed by atoms with E-state index < -0.39 is 16.1 Å². The molecule has 1 rings (SSSR count). The van der Waals surface area contributed by atoms with Crippen molar-refractivity contribution in [2.45, 2.75) is 11.8 Å². The molecular formula is C9H11NO4S. The first kappa shape index (κ1) is 11.5. The normalized spacial score (nSPS) is 10.8. The number of nitrogens with one attached hydrogen (secondary N) is 1. The third kappa shape index (κ3) is 2.95. The Hall–Kier alpha value is -1.56. The zero-order valence-electron chi connectivity index (χ0n) is 8.35. The van der Waals surface area contributed by atoms with E-state index in [1.54, 1.807) is 16.9 Å². The van der Waals surface area contributed by atoms with Crippen molar-refractivity contribution in [2.24, 2.45) is 0 Å². The lowest BCUT2D eigenvalue weighted by molar-refractivity contribution is 0.177. The summed E-state index contributed by atoms with van der Waals surface area (Å²) in [6.45, 7) is 1.84. The van der Waals surface area contributed by atoms with Gasteiger partial charge in [-0.3, -0.25) is 0 Å². The summed E-state index contributed by atoms with van der Waals surface area (Å²) in [5.41, 5.74) is 0.937. The Balaban J connectivity index is 2.96. The highest BCUT2D eigenvalue weighted by molar-refractivity contribution is 7.90. The molecule has 0 atom stereocenters. The maximum Gasteiger partial charge on any atom is 0.420 e. The smallest absolute Gasteiger partial charge is 0.420 e. The number of amides is 1. The molecule has 5 nitrogen and oxygen atoms in total. The van der Waals surface area contributed by atoms with E-state index in [-0.39, 0.29) is 4.90 Å². The van der Waals surface area contributed by atoms with Gasteiger partial charge in [0.2, 0.25) is 0 Å². The lowest BCUT2D eigenvalue weighted by Gasteiger charge is -2.05. The number of hydrogen-bond acceptors (Lipinski definition) is 4. The molecule has 15 heavy (non-hydrogen) atoms. The van der Waals surface area contributed by atoms with Crippen LogP contribution in [0.2, 0.25) is 0 Å². The SMILES string of the molecule is COC(=O)NS(=O)(=O)c1ccc(C)cc1. The summed E-state index contributed by atoms with van der Waals surface area (Å²) in [6, 6.07) is 6.12. The number of carbonyl (C=O) groups is 1. The highest BCUT2D eigenvalue weighted by atomic mass is 32.2. The van der Waals surface area contributed by atoms with E-state index in [1.807, 2.05) is 6.92 Å². The fraction of sp³-hybridized carbons (Fsp3) is 0.222. The topological polar surface area (TPSA) is 72.5 Å². The summed E-state index contributed by atoms with van der Waals surface area (Å²) in [5, 5.41) is 0. The second-order valence-corrected chi connectivity index (χ2v) is 4.59. The van der Waals surface area contributed by atoms with Crippen molar-refractivity contribution < 1.29 is 17.9 Å². The molecule has 0 bridgehead atoms. The first-order valence-electron chi connectivity index (χ1n) is 4.13. The number of carbonyl (C=O) groups excluding carboxylic acids is 1. The Morgan fingerprint density at radius 2 is 1.80 bits per heavy atom. The van der Waals surface area contributed by atoms with Gasteiger partial charge in [-0.25, -0.2) is 17.9 Å². The van der Waals surface area contributed by atoms with Gasteiger partial charge in [0.05, 0.1) is 12.0 Å². The Bertz CT molecular complexity index is 450. The fourth-order valence-electron chi connectivity index (χ4n) is 0.928. The van der Waals surface area contributed by atoms with Crippen LogP contribution in [0.5, 0.6) is 0 Å². The average Bonchev–Trinajstić information content (AvgIpc) is 2.17. The molecule has 0 unspecified atom stereocenters. The zero-order valence-corrected chi connectivity index (χ0v) is 9.17. The molecule has 0 fully saturated rings. The molecule has 1 amide bonds. The van der Waals surface area contributed by atoms with Crippen LogP contribution >= 0.6 is 0 Å². The third-order valence-corrected chi connectivity index (χ3v) is 3.06. The summed E-state index contributed by atoms with van der Waals surface area (Å²) in [6.07, 6.45) is -1.00. The lowest BCUT2D eigenvalue weighted by Crippen LogP contribution is -2.30. The van der Waals surface area contributed by atoms with Crippen molar-refractivity contribution in [3.8, 4) is 0 Å². The molecule has 0 spiro atoms. The van der Waals surface area contributed by atoms with Gasteiger partial charge in [-0.1, -0.05) is 17.7 Å². The largest absolute Gasteiger partial charge is 0.452 e. The van der Waals surface area contributed by atoms with Crippen LogP contribution in [-0.2, 0) is 14.8 Å². The van der Waals surface area contributed by atoms with Crippen LogP contribution in [0.25, 0.3) is 0 Å². The van der Waals surface area contributed by atoms with Gasteiger partial charge in [0, 0.05) is 0 Å². The summed E-state index contributed by atoms with van der Waals surface area (Å²) >= 11 is 0. The third-order valence-electron chi connectivity index (χ3n) is 1.73.